The normalized spacial score (nSPS) is 11.5. The lowest BCUT2D eigenvalue weighted by Gasteiger charge is -2.10. The molecule has 0 bridgehead atoms. The summed E-state index contributed by atoms with van der Waals surface area (Å²) < 4.78 is 38.5. The predicted molar refractivity (Wildman–Crippen MR) is 99.4 cm³/mol. The first kappa shape index (κ1) is 18.9. The molecule has 0 saturated carbocycles. The highest BCUT2D eigenvalue weighted by atomic mass is 32.2. The maximum Gasteiger partial charge on any atom is 0.338 e. The zero-order valence-corrected chi connectivity index (χ0v) is 15.9. The largest absolute Gasteiger partial charge is 0.462 e. The van der Waals surface area contributed by atoms with Crippen LogP contribution in [0.1, 0.15) is 17.3 Å². The Morgan fingerprint density at radius 1 is 1.22 bits per heavy atom. The van der Waals surface area contributed by atoms with E-state index in [2.05, 4.69) is 9.82 Å². The third-order valence-electron chi connectivity index (χ3n) is 3.84. The molecule has 0 amide bonds. The van der Waals surface area contributed by atoms with E-state index in [1.54, 1.807) is 49.1 Å². The van der Waals surface area contributed by atoms with Crippen molar-refractivity contribution < 1.29 is 22.7 Å². The van der Waals surface area contributed by atoms with Gasteiger partial charge in [0.25, 0.3) is 0 Å². The number of carbonyl (C=O) groups excluding carboxylic acids is 1. The topological polar surface area (TPSA) is 99.5 Å². The molecule has 0 saturated heterocycles. The minimum atomic E-state index is -3.52. The number of carbonyl (C=O) groups is 1. The summed E-state index contributed by atoms with van der Waals surface area (Å²) in [7, 11) is -0.407. The number of esters is 1. The SMILES string of the molecule is CCOC(=O)c1cc(Oc2ccc(S(=O)(=O)NC)cc2)c2cn(C)nc2c1. The number of aromatic nitrogens is 2. The van der Waals surface area contributed by atoms with Crippen LogP contribution in [0.25, 0.3) is 10.9 Å². The highest BCUT2D eigenvalue weighted by Crippen LogP contribution is 2.31. The monoisotopic (exact) mass is 389 g/mol. The molecule has 3 rings (SSSR count). The molecule has 27 heavy (non-hydrogen) atoms. The molecular formula is C18H19N3O5S. The van der Waals surface area contributed by atoms with Crippen molar-refractivity contribution in [1.29, 1.82) is 0 Å². The summed E-state index contributed by atoms with van der Waals surface area (Å²) in [5.41, 5.74) is 0.917. The molecule has 0 atom stereocenters. The second-order valence-electron chi connectivity index (χ2n) is 5.71. The Morgan fingerprint density at radius 2 is 1.93 bits per heavy atom. The molecule has 0 fully saturated rings. The summed E-state index contributed by atoms with van der Waals surface area (Å²) >= 11 is 0. The fourth-order valence-corrected chi connectivity index (χ4v) is 3.29. The standard InChI is InChI=1S/C18H19N3O5S/c1-4-25-18(22)12-9-16-15(11-21(3)20-16)17(10-12)26-13-5-7-14(8-6-13)27(23,24)19-2/h5-11,19H,4H2,1-3H3. The highest BCUT2D eigenvalue weighted by Gasteiger charge is 2.16. The molecule has 1 heterocycles. The van der Waals surface area contributed by atoms with Crippen LogP contribution >= 0.6 is 0 Å². The van der Waals surface area contributed by atoms with Crippen molar-refractivity contribution in [2.45, 2.75) is 11.8 Å². The van der Waals surface area contributed by atoms with E-state index < -0.39 is 16.0 Å². The number of rotatable bonds is 6. The van der Waals surface area contributed by atoms with Crippen molar-refractivity contribution in [1.82, 2.24) is 14.5 Å². The summed E-state index contributed by atoms with van der Waals surface area (Å²) in [6.07, 6.45) is 1.78. The molecule has 0 aliphatic heterocycles. The summed E-state index contributed by atoms with van der Waals surface area (Å²) in [6, 6.07) is 9.20. The Kier molecular flexibility index (Phi) is 5.15. The number of sulfonamides is 1. The summed E-state index contributed by atoms with van der Waals surface area (Å²) in [6.45, 7) is 1.99. The fourth-order valence-electron chi connectivity index (χ4n) is 2.56. The lowest BCUT2D eigenvalue weighted by molar-refractivity contribution is 0.0526. The summed E-state index contributed by atoms with van der Waals surface area (Å²) in [4.78, 5) is 12.2. The molecule has 3 aromatic rings. The first-order chi connectivity index (χ1) is 12.8. The minimum Gasteiger partial charge on any atom is -0.462 e. The Balaban J connectivity index is 1.99. The molecule has 0 unspecified atom stereocenters. The van der Waals surface area contributed by atoms with E-state index in [1.807, 2.05) is 0 Å². The number of fused-ring (bicyclic) bond motifs is 1. The molecular weight excluding hydrogens is 370 g/mol. The van der Waals surface area contributed by atoms with Crippen LogP contribution in [-0.4, -0.2) is 37.8 Å². The van der Waals surface area contributed by atoms with Crippen molar-refractivity contribution in [3.63, 3.8) is 0 Å². The van der Waals surface area contributed by atoms with Gasteiger partial charge in [0.05, 0.1) is 28.0 Å². The van der Waals surface area contributed by atoms with Gasteiger partial charge < -0.3 is 9.47 Å². The molecule has 0 spiro atoms. The number of hydrogen-bond acceptors (Lipinski definition) is 6. The van der Waals surface area contributed by atoms with E-state index in [0.29, 0.717) is 22.6 Å². The zero-order chi connectivity index (χ0) is 19.6. The average Bonchev–Trinajstić information content (AvgIpc) is 3.03. The van der Waals surface area contributed by atoms with Crippen LogP contribution in [0.15, 0.2) is 47.5 Å². The Labute approximate surface area is 156 Å². The third kappa shape index (κ3) is 3.93. The Hall–Kier alpha value is -2.91. The van der Waals surface area contributed by atoms with E-state index in [9.17, 15) is 13.2 Å². The zero-order valence-electron chi connectivity index (χ0n) is 15.1. The van der Waals surface area contributed by atoms with Crippen molar-refractivity contribution >= 4 is 26.9 Å². The van der Waals surface area contributed by atoms with Gasteiger partial charge in [0.15, 0.2) is 0 Å². The van der Waals surface area contributed by atoms with E-state index in [4.69, 9.17) is 9.47 Å². The second kappa shape index (κ2) is 7.37. The van der Waals surface area contributed by atoms with Gasteiger partial charge in [0.1, 0.15) is 11.5 Å². The van der Waals surface area contributed by atoms with Crippen LogP contribution in [-0.2, 0) is 21.8 Å². The Bertz CT molecular complexity index is 1090. The fraction of sp³-hybridized carbons (Fsp3) is 0.222. The number of benzene rings is 2. The molecule has 8 nitrogen and oxygen atoms in total. The number of nitrogens with zero attached hydrogens (tertiary/aromatic N) is 2. The van der Waals surface area contributed by atoms with Gasteiger partial charge in [-0.1, -0.05) is 0 Å². The van der Waals surface area contributed by atoms with Crippen LogP contribution < -0.4 is 9.46 Å². The van der Waals surface area contributed by atoms with Gasteiger partial charge in [-0.25, -0.2) is 17.9 Å². The van der Waals surface area contributed by atoms with Crippen molar-refractivity contribution in [2.24, 2.45) is 7.05 Å². The molecule has 1 aromatic heterocycles. The summed E-state index contributed by atoms with van der Waals surface area (Å²) in [5.74, 6) is 0.384. The number of hydrogen-bond donors (Lipinski definition) is 1. The molecule has 0 aliphatic rings. The third-order valence-corrected chi connectivity index (χ3v) is 5.27. The maximum absolute atomic E-state index is 12.1. The van der Waals surface area contributed by atoms with Crippen molar-refractivity contribution in [3.8, 4) is 11.5 Å². The van der Waals surface area contributed by atoms with Gasteiger partial charge in [-0.2, -0.15) is 5.10 Å². The molecule has 0 aliphatic carbocycles. The van der Waals surface area contributed by atoms with Gasteiger partial charge in [0.2, 0.25) is 10.0 Å². The van der Waals surface area contributed by atoms with Crippen LogP contribution in [0.2, 0.25) is 0 Å². The maximum atomic E-state index is 12.1. The average molecular weight is 389 g/mol. The molecule has 1 N–H and O–H groups in total. The van der Waals surface area contributed by atoms with Crippen molar-refractivity contribution in [2.75, 3.05) is 13.7 Å². The number of ether oxygens (including phenoxy) is 2. The van der Waals surface area contributed by atoms with Crippen LogP contribution in [0.4, 0.5) is 0 Å². The number of aryl methyl sites for hydroxylation is 1. The molecule has 142 valence electrons. The predicted octanol–water partition coefficient (Wildman–Crippen LogP) is 2.45. The van der Waals surface area contributed by atoms with Crippen molar-refractivity contribution in [3.05, 3.63) is 48.2 Å². The van der Waals surface area contributed by atoms with Gasteiger partial charge >= 0.3 is 5.97 Å². The van der Waals surface area contributed by atoms with Crippen LogP contribution in [0.3, 0.4) is 0 Å². The van der Waals surface area contributed by atoms with Crippen LogP contribution in [0.5, 0.6) is 11.5 Å². The first-order valence-electron chi connectivity index (χ1n) is 8.20. The first-order valence-corrected chi connectivity index (χ1v) is 9.68. The Morgan fingerprint density at radius 3 is 2.56 bits per heavy atom. The smallest absolute Gasteiger partial charge is 0.338 e. The van der Waals surface area contributed by atoms with Gasteiger partial charge in [-0.05, 0) is 50.4 Å². The highest BCUT2D eigenvalue weighted by molar-refractivity contribution is 7.89. The second-order valence-corrected chi connectivity index (χ2v) is 7.60. The van der Waals surface area contributed by atoms with Gasteiger partial charge in [0, 0.05) is 13.2 Å². The number of nitrogens with one attached hydrogen (secondary N) is 1. The molecule has 2 aromatic carbocycles. The van der Waals surface area contributed by atoms with Gasteiger partial charge in [-0.15, -0.1) is 0 Å². The quantitative estimate of drug-likeness (QED) is 0.650. The van der Waals surface area contributed by atoms with E-state index >= 15 is 0 Å². The minimum absolute atomic E-state index is 0.129. The van der Waals surface area contributed by atoms with Crippen LogP contribution in [0, 0.1) is 0 Å². The summed E-state index contributed by atoms with van der Waals surface area (Å²) in [5, 5.41) is 5.04. The lowest BCUT2D eigenvalue weighted by Crippen LogP contribution is -2.18. The molecule has 0 radical (unpaired) electrons. The lowest BCUT2D eigenvalue weighted by atomic mass is 10.1. The van der Waals surface area contributed by atoms with E-state index in [1.165, 1.54) is 19.2 Å². The molecule has 9 heteroatoms. The van der Waals surface area contributed by atoms with E-state index in [-0.39, 0.29) is 11.5 Å². The van der Waals surface area contributed by atoms with Gasteiger partial charge in [-0.3, -0.25) is 4.68 Å². The van der Waals surface area contributed by atoms with E-state index in [0.717, 1.165) is 5.39 Å².